The van der Waals surface area contributed by atoms with Gasteiger partial charge in [0.15, 0.2) is 5.78 Å². The SMILES string of the molecule is Cc1ccc2cc(C(=O)CCC3CCCO3)ccc2n1. The van der Waals surface area contributed by atoms with Crippen LogP contribution in [-0.2, 0) is 4.74 Å². The minimum Gasteiger partial charge on any atom is -0.378 e. The quantitative estimate of drug-likeness (QED) is 0.795. The Morgan fingerprint density at radius 3 is 3.05 bits per heavy atom. The zero-order chi connectivity index (χ0) is 13.9. The van der Waals surface area contributed by atoms with Crippen LogP contribution in [0.3, 0.4) is 0 Å². The zero-order valence-electron chi connectivity index (χ0n) is 11.8. The molecule has 20 heavy (non-hydrogen) atoms. The molecule has 0 amide bonds. The van der Waals surface area contributed by atoms with Crippen molar-refractivity contribution in [1.82, 2.24) is 4.98 Å². The van der Waals surface area contributed by atoms with E-state index in [0.717, 1.165) is 48.0 Å². The van der Waals surface area contributed by atoms with E-state index in [1.807, 2.05) is 37.3 Å². The predicted octanol–water partition coefficient (Wildman–Crippen LogP) is 3.69. The van der Waals surface area contributed by atoms with Gasteiger partial charge in [0.05, 0.1) is 11.6 Å². The van der Waals surface area contributed by atoms with Gasteiger partial charge in [0.25, 0.3) is 0 Å². The van der Waals surface area contributed by atoms with Gasteiger partial charge in [-0.05, 0) is 50.5 Å². The van der Waals surface area contributed by atoms with Crippen LogP contribution in [0.15, 0.2) is 30.3 Å². The summed E-state index contributed by atoms with van der Waals surface area (Å²) in [4.78, 5) is 16.7. The number of Topliss-reactive ketones (excluding diaryl/α,β-unsaturated/α-hetero) is 1. The lowest BCUT2D eigenvalue weighted by Gasteiger charge is -2.08. The Morgan fingerprint density at radius 1 is 1.35 bits per heavy atom. The predicted molar refractivity (Wildman–Crippen MR) is 79.0 cm³/mol. The number of fused-ring (bicyclic) bond motifs is 1. The first-order chi connectivity index (χ1) is 9.72. The van der Waals surface area contributed by atoms with Crippen molar-refractivity contribution in [3.05, 3.63) is 41.6 Å². The third-order valence-corrected chi connectivity index (χ3v) is 3.87. The van der Waals surface area contributed by atoms with Gasteiger partial charge in [-0.25, -0.2) is 0 Å². The van der Waals surface area contributed by atoms with Gasteiger partial charge in [0, 0.05) is 29.7 Å². The largest absolute Gasteiger partial charge is 0.378 e. The monoisotopic (exact) mass is 269 g/mol. The molecular weight excluding hydrogens is 250 g/mol. The van der Waals surface area contributed by atoms with Gasteiger partial charge >= 0.3 is 0 Å². The normalized spacial score (nSPS) is 18.6. The Bertz CT molecular complexity index is 630. The number of rotatable bonds is 4. The van der Waals surface area contributed by atoms with E-state index in [4.69, 9.17) is 4.74 Å². The average Bonchev–Trinajstić information content (AvgIpc) is 2.97. The van der Waals surface area contributed by atoms with Crippen molar-refractivity contribution in [3.8, 4) is 0 Å². The second-order valence-corrected chi connectivity index (χ2v) is 5.46. The van der Waals surface area contributed by atoms with Crippen LogP contribution in [0.2, 0.25) is 0 Å². The second kappa shape index (κ2) is 5.71. The van der Waals surface area contributed by atoms with Crippen molar-refractivity contribution < 1.29 is 9.53 Å². The molecule has 2 aromatic rings. The fourth-order valence-corrected chi connectivity index (χ4v) is 2.71. The maximum absolute atomic E-state index is 12.2. The summed E-state index contributed by atoms with van der Waals surface area (Å²) in [5.74, 6) is 0.197. The topological polar surface area (TPSA) is 39.2 Å². The van der Waals surface area contributed by atoms with Gasteiger partial charge in [-0.2, -0.15) is 0 Å². The lowest BCUT2D eigenvalue weighted by atomic mass is 10.0. The number of aryl methyl sites for hydroxylation is 1. The number of benzene rings is 1. The molecule has 3 heteroatoms. The van der Waals surface area contributed by atoms with Gasteiger partial charge in [-0.15, -0.1) is 0 Å². The average molecular weight is 269 g/mol. The van der Waals surface area contributed by atoms with Crippen molar-refractivity contribution in [2.45, 2.75) is 38.7 Å². The van der Waals surface area contributed by atoms with E-state index >= 15 is 0 Å². The van der Waals surface area contributed by atoms with Crippen molar-refractivity contribution >= 4 is 16.7 Å². The van der Waals surface area contributed by atoms with Crippen molar-refractivity contribution in [2.75, 3.05) is 6.61 Å². The highest BCUT2D eigenvalue weighted by Gasteiger charge is 2.17. The molecule has 0 bridgehead atoms. The number of hydrogen-bond acceptors (Lipinski definition) is 3. The molecule has 0 N–H and O–H groups in total. The third-order valence-electron chi connectivity index (χ3n) is 3.87. The first kappa shape index (κ1) is 13.3. The highest BCUT2D eigenvalue weighted by Crippen LogP contribution is 2.20. The molecule has 3 rings (SSSR count). The third kappa shape index (κ3) is 2.88. The molecule has 0 radical (unpaired) electrons. The second-order valence-electron chi connectivity index (χ2n) is 5.46. The molecule has 1 aliphatic heterocycles. The maximum Gasteiger partial charge on any atom is 0.162 e. The molecule has 1 aliphatic rings. The van der Waals surface area contributed by atoms with Gasteiger partial charge in [0.2, 0.25) is 0 Å². The van der Waals surface area contributed by atoms with Crippen LogP contribution in [-0.4, -0.2) is 23.5 Å². The first-order valence-electron chi connectivity index (χ1n) is 7.24. The summed E-state index contributed by atoms with van der Waals surface area (Å²) in [5, 5.41) is 1.03. The van der Waals surface area contributed by atoms with Crippen LogP contribution in [0.25, 0.3) is 10.9 Å². The Hall–Kier alpha value is -1.74. The van der Waals surface area contributed by atoms with Crippen molar-refractivity contribution in [2.24, 2.45) is 0 Å². The molecule has 1 unspecified atom stereocenters. The van der Waals surface area contributed by atoms with Crippen LogP contribution in [0.5, 0.6) is 0 Å². The van der Waals surface area contributed by atoms with Gasteiger partial charge < -0.3 is 4.74 Å². The number of nitrogens with zero attached hydrogens (tertiary/aromatic N) is 1. The summed E-state index contributed by atoms with van der Waals surface area (Å²) < 4.78 is 5.56. The number of carbonyl (C=O) groups excluding carboxylic acids is 1. The fraction of sp³-hybridized carbons (Fsp3) is 0.412. The van der Waals surface area contributed by atoms with Crippen molar-refractivity contribution in [1.29, 1.82) is 0 Å². The molecular formula is C17H19NO2. The molecule has 0 saturated carbocycles. The number of ether oxygens (including phenoxy) is 1. The molecule has 1 saturated heterocycles. The highest BCUT2D eigenvalue weighted by atomic mass is 16.5. The Balaban J connectivity index is 1.72. The van der Waals surface area contributed by atoms with E-state index in [1.165, 1.54) is 0 Å². The Labute approximate surface area is 119 Å². The van der Waals surface area contributed by atoms with Crippen LogP contribution in [0, 0.1) is 6.92 Å². The summed E-state index contributed by atoms with van der Waals surface area (Å²) in [6.07, 6.45) is 3.90. The number of aromatic nitrogens is 1. The van der Waals surface area contributed by atoms with Crippen LogP contribution >= 0.6 is 0 Å². The summed E-state index contributed by atoms with van der Waals surface area (Å²) >= 11 is 0. The fourth-order valence-electron chi connectivity index (χ4n) is 2.71. The molecule has 1 aromatic carbocycles. The number of pyridine rings is 1. The Kier molecular flexibility index (Phi) is 3.79. The lowest BCUT2D eigenvalue weighted by molar-refractivity contribution is 0.0859. The zero-order valence-corrected chi connectivity index (χ0v) is 11.8. The molecule has 0 spiro atoms. The van der Waals surface area contributed by atoms with Gasteiger partial charge in [0.1, 0.15) is 0 Å². The molecule has 3 nitrogen and oxygen atoms in total. The van der Waals surface area contributed by atoms with Crippen LogP contribution in [0.1, 0.15) is 41.7 Å². The summed E-state index contributed by atoms with van der Waals surface area (Å²) in [6.45, 7) is 2.82. The summed E-state index contributed by atoms with van der Waals surface area (Å²) in [7, 11) is 0. The number of carbonyl (C=O) groups is 1. The highest BCUT2D eigenvalue weighted by molar-refractivity contribution is 5.99. The van der Waals surface area contributed by atoms with Crippen molar-refractivity contribution in [3.63, 3.8) is 0 Å². The lowest BCUT2D eigenvalue weighted by Crippen LogP contribution is -2.08. The maximum atomic E-state index is 12.2. The summed E-state index contributed by atoms with van der Waals surface area (Å²) in [5.41, 5.74) is 2.72. The molecule has 1 aromatic heterocycles. The minimum absolute atomic E-state index is 0.197. The van der Waals surface area contributed by atoms with E-state index in [1.54, 1.807) is 0 Å². The summed E-state index contributed by atoms with van der Waals surface area (Å²) in [6, 6.07) is 9.76. The molecule has 1 atom stereocenters. The van der Waals surface area contributed by atoms with Gasteiger partial charge in [-0.1, -0.05) is 6.07 Å². The minimum atomic E-state index is 0.197. The van der Waals surface area contributed by atoms with E-state index in [2.05, 4.69) is 4.98 Å². The number of ketones is 1. The molecule has 0 aliphatic carbocycles. The standard InChI is InChI=1S/C17H19NO2/c1-12-4-5-13-11-14(6-8-16(13)18-12)17(19)9-7-15-3-2-10-20-15/h4-6,8,11,15H,2-3,7,9-10H2,1H3. The van der Waals surface area contributed by atoms with E-state index in [0.29, 0.717) is 6.42 Å². The molecule has 2 heterocycles. The Morgan fingerprint density at radius 2 is 2.25 bits per heavy atom. The molecule has 104 valence electrons. The van der Waals surface area contributed by atoms with Crippen LogP contribution < -0.4 is 0 Å². The van der Waals surface area contributed by atoms with E-state index in [-0.39, 0.29) is 11.9 Å². The molecule has 1 fully saturated rings. The van der Waals surface area contributed by atoms with Crippen LogP contribution in [0.4, 0.5) is 0 Å². The van der Waals surface area contributed by atoms with E-state index in [9.17, 15) is 4.79 Å². The first-order valence-corrected chi connectivity index (χ1v) is 7.24. The number of hydrogen-bond donors (Lipinski definition) is 0. The van der Waals surface area contributed by atoms with E-state index < -0.39 is 0 Å². The smallest absolute Gasteiger partial charge is 0.162 e. The van der Waals surface area contributed by atoms with Gasteiger partial charge in [-0.3, -0.25) is 9.78 Å².